The van der Waals surface area contributed by atoms with E-state index in [-0.39, 0.29) is 12.1 Å². The van der Waals surface area contributed by atoms with Gasteiger partial charge in [-0.05, 0) is 31.5 Å². The molecule has 1 fully saturated rings. The lowest BCUT2D eigenvalue weighted by Gasteiger charge is -2.19. The summed E-state index contributed by atoms with van der Waals surface area (Å²) in [6, 6.07) is 1.53. The van der Waals surface area contributed by atoms with E-state index in [9.17, 15) is 35.5 Å². The second kappa shape index (κ2) is 8.03. The van der Waals surface area contributed by atoms with E-state index >= 15 is 0 Å². The van der Waals surface area contributed by atoms with Gasteiger partial charge in [-0.3, -0.25) is 4.79 Å². The molecule has 0 aliphatic heterocycles. The summed E-state index contributed by atoms with van der Waals surface area (Å²) in [6.45, 7) is 2.68. The molecule has 0 saturated heterocycles. The Labute approximate surface area is 173 Å². The Morgan fingerprint density at radius 1 is 1.17 bits per heavy atom. The van der Waals surface area contributed by atoms with E-state index in [1.165, 1.54) is 18.7 Å². The normalized spacial score (nSPS) is 21.7. The number of ether oxygens (including phenoxy) is 1. The van der Waals surface area contributed by atoms with Crippen LogP contribution in [0.2, 0.25) is 0 Å². The maximum atomic E-state index is 14.4. The van der Waals surface area contributed by atoms with Crippen LogP contribution in [0.5, 0.6) is 0 Å². The first-order valence-corrected chi connectivity index (χ1v) is 9.05. The molecule has 1 saturated carbocycles. The molecule has 2 rings (SSSR count). The Balaban J connectivity index is 2.23. The van der Waals surface area contributed by atoms with Crippen molar-refractivity contribution in [1.29, 1.82) is 0 Å². The third kappa shape index (κ3) is 4.91. The van der Waals surface area contributed by atoms with Crippen LogP contribution < -0.4 is 0 Å². The van der Waals surface area contributed by atoms with E-state index in [2.05, 4.69) is 4.74 Å². The number of alkyl halides is 5. The predicted molar refractivity (Wildman–Crippen MR) is 94.5 cm³/mol. The van der Waals surface area contributed by atoms with Gasteiger partial charge in [0.15, 0.2) is 11.6 Å². The van der Waals surface area contributed by atoms with Gasteiger partial charge in [0.2, 0.25) is 0 Å². The minimum atomic E-state index is -4.85. The van der Waals surface area contributed by atoms with Crippen LogP contribution >= 0.6 is 11.6 Å². The van der Waals surface area contributed by atoms with Gasteiger partial charge >= 0.3 is 18.3 Å². The highest BCUT2D eigenvalue weighted by molar-refractivity contribution is 6.30. The van der Waals surface area contributed by atoms with Gasteiger partial charge in [-0.2, -0.15) is 22.0 Å². The van der Waals surface area contributed by atoms with E-state index in [4.69, 9.17) is 11.6 Å². The fourth-order valence-corrected chi connectivity index (χ4v) is 3.35. The SMILES string of the molecule is CN(C)Cc1ccc(C(F)(F)OC(=O)C2C(C=C(Cl)C(F)(F)F)C2(C)C)c(F)c1F. The molecule has 1 aliphatic carbocycles. The van der Waals surface area contributed by atoms with Crippen LogP contribution in [0.15, 0.2) is 23.2 Å². The van der Waals surface area contributed by atoms with E-state index in [0.29, 0.717) is 12.1 Å². The average Bonchev–Trinajstić information content (AvgIpc) is 3.10. The molecule has 0 amide bonds. The van der Waals surface area contributed by atoms with E-state index in [1.807, 2.05) is 0 Å². The maximum absolute atomic E-state index is 14.4. The molecule has 3 nitrogen and oxygen atoms in total. The standard InChI is InChI=1S/C19H19ClF7NO2/c1-17(2)11(7-12(20)18(23,24)25)13(17)16(29)30-19(26,27)10-6-5-9(8-28(3)4)14(21)15(10)22/h5-7,11,13H,8H2,1-4H3. The summed E-state index contributed by atoms with van der Waals surface area (Å²) in [6.07, 6.45) is -8.82. The van der Waals surface area contributed by atoms with Crippen molar-refractivity contribution in [2.45, 2.75) is 32.7 Å². The molecule has 11 heteroatoms. The minimum Gasteiger partial charge on any atom is -0.397 e. The van der Waals surface area contributed by atoms with E-state index in [1.54, 1.807) is 14.1 Å². The van der Waals surface area contributed by atoms with E-state index < -0.39 is 57.7 Å². The lowest BCUT2D eigenvalue weighted by molar-refractivity contribution is -0.243. The van der Waals surface area contributed by atoms with Gasteiger partial charge in [-0.15, -0.1) is 0 Å². The molecule has 0 aromatic heterocycles. The number of carbonyl (C=O) groups is 1. The Bertz CT molecular complexity index is 865. The molecule has 0 N–H and O–H groups in total. The van der Waals surface area contributed by atoms with Crippen LogP contribution in [-0.2, 0) is 22.2 Å². The van der Waals surface area contributed by atoms with Crippen molar-refractivity contribution in [3.8, 4) is 0 Å². The summed E-state index contributed by atoms with van der Waals surface area (Å²) in [5.41, 5.74) is -2.81. The zero-order valence-corrected chi connectivity index (χ0v) is 17.1. The lowest BCUT2D eigenvalue weighted by atomic mass is 10.1. The lowest BCUT2D eigenvalue weighted by Crippen LogP contribution is -2.27. The number of nitrogens with zero attached hydrogens (tertiary/aromatic N) is 1. The van der Waals surface area contributed by atoms with Gasteiger partial charge in [-0.25, -0.2) is 8.78 Å². The summed E-state index contributed by atoms with van der Waals surface area (Å²) in [5.74, 6) is -7.41. The molecular weight excluding hydrogens is 443 g/mol. The molecule has 30 heavy (non-hydrogen) atoms. The first kappa shape index (κ1) is 24.5. The quantitative estimate of drug-likeness (QED) is 0.409. The van der Waals surface area contributed by atoms with Crippen LogP contribution in [0.4, 0.5) is 30.7 Å². The van der Waals surface area contributed by atoms with Gasteiger partial charge in [0.25, 0.3) is 0 Å². The molecule has 0 bridgehead atoms. The average molecular weight is 462 g/mol. The zero-order valence-electron chi connectivity index (χ0n) is 16.4. The molecule has 168 valence electrons. The van der Waals surface area contributed by atoms with Gasteiger partial charge in [0, 0.05) is 12.1 Å². The van der Waals surface area contributed by atoms with Crippen LogP contribution in [0.1, 0.15) is 25.0 Å². The number of hydrogen-bond donors (Lipinski definition) is 0. The van der Waals surface area contributed by atoms with Crippen LogP contribution in [0, 0.1) is 28.9 Å². The second-order valence-corrected chi connectivity index (χ2v) is 8.32. The topological polar surface area (TPSA) is 29.5 Å². The Hall–Kier alpha value is -1.81. The minimum absolute atomic E-state index is 0.0569. The smallest absolute Gasteiger partial charge is 0.397 e. The zero-order chi connectivity index (χ0) is 23.2. The highest BCUT2D eigenvalue weighted by Gasteiger charge is 2.63. The molecule has 1 aromatic carbocycles. The number of rotatable bonds is 6. The highest BCUT2D eigenvalue weighted by Crippen LogP contribution is 2.61. The Morgan fingerprint density at radius 2 is 1.73 bits per heavy atom. The monoisotopic (exact) mass is 461 g/mol. The fraction of sp³-hybridized carbons (Fsp3) is 0.526. The summed E-state index contributed by atoms with van der Waals surface area (Å²) < 4.78 is 98.9. The summed E-state index contributed by atoms with van der Waals surface area (Å²) in [7, 11) is 3.13. The number of esters is 1. The number of benzene rings is 1. The largest absolute Gasteiger partial charge is 0.431 e. The first-order valence-electron chi connectivity index (χ1n) is 8.67. The number of hydrogen-bond acceptors (Lipinski definition) is 3. The molecule has 0 heterocycles. The molecule has 2 unspecified atom stereocenters. The second-order valence-electron chi connectivity index (χ2n) is 7.91. The number of halogens is 8. The maximum Gasteiger partial charge on any atom is 0.431 e. The van der Waals surface area contributed by atoms with Crippen molar-refractivity contribution in [3.05, 3.63) is 46.0 Å². The first-order chi connectivity index (χ1) is 13.5. The van der Waals surface area contributed by atoms with Crippen molar-refractivity contribution in [1.82, 2.24) is 4.90 Å². The van der Waals surface area contributed by atoms with Gasteiger partial charge < -0.3 is 9.64 Å². The highest BCUT2D eigenvalue weighted by atomic mass is 35.5. The molecule has 2 atom stereocenters. The molecule has 0 spiro atoms. The third-order valence-corrected chi connectivity index (χ3v) is 5.29. The van der Waals surface area contributed by atoms with Gasteiger partial charge in [0.05, 0.1) is 5.92 Å². The van der Waals surface area contributed by atoms with Crippen molar-refractivity contribution >= 4 is 17.6 Å². The van der Waals surface area contributed by atoms with Gasteiger partial charge in [-0.1, -0.05) is 37.6 Å². The molecular formula is C19H19ClF7NO2. The van der Waals surface area contributed by atoms with Crippen LogP contribution in [0.25, 0.3) is 0 Å². The third-order valence-electron chi connectivity index (χ3n) is 4.95. The number of allylic oxidation sites excluding steroid dienone is 2. The van der Waals surface area contributed by atoms with Crippen LogP contribution in [0.3, 0.4) is 0 Å². The van der Waals surface area contributed by atoms with E-state index in [0.717, 1.165) is 6.07 Å². The summed E-state index contributed by atoms with van der Waals surface area (Å²) in [4.78, 5) is 13.7. The molecule has 1 aromatic rings. The van der Waals surface area contributed by atoms with Crippen molar-refractivity contribution in [2.24, 2.45) is 17.3 Å². The van der Waals surface area contributed by atoms with Crippen molar-refractivity contribution in [3.63, 3.8) is 0 Å². The molecule has 1 aliphatic rings. The molecule has 0 radical (unpaired) electrons. The number of carbonyl (C=O) groups excluding carboxylic acids is 1. The van der Waals surface area contributed by atoms with Crippen LogP contribution in [-0.4, -0.2) is 31.1 Å². The Kier molecular flexibility index (Phi) is 6.55. The van der Waals surface area contributed by atoms with Crippen molar-refractivity contribution < 1.29 is 40.3 Å². The summed E-state index contributed by atoms with van der Waals surface area (Å²) in [5, 5.41) is -1.49. The van der Waals surface area contributed by atoms with Crippen molar-refractivity contribution in [2.75, 3.05) is 14.1 Å². The summed E-state index contributed by atoms with van der Waals surface area (Å²) >= 11 is 5.15. The van der Waals surface area contributed by atoms with Gasteiger partial charge in [0.1, 0.15) is 10.6 Å². The predicted octanol–water partition coefficient (Wildman–Crippen LogP) is 5.58. The fourth-order valence-electron chi connectivity index (χ4n) is 3.21. The Morgan fingerprint density at radius 3 is 2.23 bits per heavy atom.